The van der Waals surface area contributed by atoms with Crippen LogP contribution >= 0.6 is 23.4 Å². The number of benzene rings is 2. The average molecular weight is 358 g/mol. The molecule has 1 fully saturated rings. The van der Waals surface area contributed by atoms with E-state index in [4.69, 9.17) is 11.6 Å². The quantitative estimate of drug-likeness (QED) is 0.563. The third-order valence-electron chi connectivity index (χ3n) is 6.27. The normalized spacial score (nSPS) is 29.4. The van der Waals surface area contributed by atoms with Crippen LogP contribution in [0.4, 0.5) is 5.69 Å². The van der Waals surface area contributed by atoms with Gasteiger partial charge in [0.25, 0.3) is 0 Å². The van der Waals surface area contributed by atoms with Crippen LogP contribution in [0.25, 0.3) is 0 Å². The van der Waals surface area contributed by atoms with Gasteiger partial charge in [-0.2, -0.15) is 0 Å². The smallest absolute Gasteiger partial charge is 0.110 e. The van der Waals surface area contributed by atoms with Crippen LogP contribution in [0.1, 0.15) is 51.8 Å². The monoisotopic (exact) mass is 357 g/mol. The van der Waals surface area contributed by atoms with Crippen molar-refractivity contribution in [1.82, 2.24) is 0 Å². The largest absolute Gasteiger partial charge is 0.345 e. The Balaban J connectivity index is 1.98. The highest BCUT2D eigenvalue weighted by molar-refractivity contribution is 8.01. The zero-order valence-corrected chi connectivity index (χ0v) is 16.5. The molecule has 0 aromatic heterocycles. The number of rotatable bonds is 1. The summed E-state index contributed by atoms with van der Waals surface area (Å²) in [4.78, 5) is 2.55. The maximum atomic E-state index is 6.14. The molecule has 126 valence electrons. The Morgan fingerprint density at radius 3 is 2.21 bits per heavy atom. The van der Waals surface area contributed by atoms with Gasteiger partial charge in [-0.05, 0) is 56.2 Å². The topological polar surface area (TPSA) is 3.24 Å². The number of nitrogens with zero attached hydrogens (tertiary/aromatic N) is 1. The molecule has 2 unspecified atom stereocenters. The van der Waals surface area contributed by atoms with Gasteiger partial charge in [-0.1, -0.05) is 49.7 Å². The molecule has 2 aromatic rings. The number of anilines is 1. The molecule has 2 bridgehead atoms. The van der Waals surface area contributed by atoms with Crippen LogP contribution in [0, 0.1) is 5.41 Å². The lowest BCUT2D eigenvalue weighted by Crippen LogP contribution is -2.56. The Morgan fingerprint density at radius 2 is 1.54 bits per heavy atom. The highest BCUT2D eigenvalue weighted by atomic mass is 35.5. The summed E-state index contributed by atoms with van der Waals surface area (Å²) < 4.78 is 0.175. The van der Waals surface area contributed by atoms with Gasteiger partial charge in [-0.15, -0.1) is 11.8 Å². The van der Waals surface area contributed by atoms with Crippen LogP contribution in [0.15, 0.2) is 48.5 Å². The molecule has 3 heteroatoms. The Hall–Kier alpha value is -1.12. The van der Waals surface area contributed by atoms with Crippen molar-refractivity contribution in [3.8, 4) is 0 Å². The zero-order valence-electron chi connectivity index (χ0n) is 14.9. The molecule has 1 nitrogen and oxygen atoms in total. The van der Waals surface area contributed by atoms with Crippen molar-refractivity contribution in [2.75, 3.05) is 4.90 Å². The van der Waals surface area contributed by atoms with E-state index in [2.05, 4.69) is 87.7 Å². The molecule has 0 N–H and O–H groups in total. The van der Waals surface area contributed by atoms with E-state index in [0.29, 0.717) is 6.04 Å². The molecule has 24 heavy (non-hydrogen) atoms. The van der Waals surface area contributed by atoms with Crippen LogP contribution in [0.2, 0.25) is 5.02 Å². The Bertz CT molecular complexity index is 796. The molecular formula is C21H24ClNS. The molecule has 0 saturated carbocycles. The van der Waals surface area contributed by atoms with Gasteiger partial charge in [0, 0.05) is 20.9 Å². The Kier molecular flexibility index (Phi) is 3.38. The van der Waals surface area contributed by atoms with Crippen molar-refractivity contribution in [3.05, 3.63) is 64.7 Å². The van der Waals surface area contributed by atoms with Crippen LogP contribution in [0.3, 0.4) is 0 Å². The molecule has 0 radical (unpaired) electrons. The van der Waals surface area contributed by atoms with E-state index in [0.717, 1.165) is 5.02 Å². The van der Waals surface area contributed by atoms with E-state index in [1.54, 1.807) is 0 Å². The van der Waals surface area contributed by atoms with E-state index in [1.807, 2.05) is 12.1 Å². The number of hydrogen-bond acceptors (Lipinski definition) is 2. The molecule has 2 atom stereocenters. The minimum atomic E-state index is -0.0614. The Morgan fingerprint density at radius 1 is 0.917 bits per heavy atom. The first-order valence-electron chi connectivity index (χ1n) is 8.53. The van der Waals surface area contributed by atoms with Crippen LogP contribution in [0.5, 0.6) is 0 Å². The lowest BCUT2D eigenvalue weighted by atomic mass is 9.71. The van der Waals surface area contributed by atoms with E-state index >= 15 is 0 Å². The second-order valence-electron chi connectivity index (χ2n) is 8.15. The van der Waals surface area contributed by atoms with Crippen molar-refractivity contribution >= 4 is 29.1 Å². The maximum Gasteiger partial charge on any atom is 0.110 e. The summed E-state index contributed by atoms with van der Waals surface area (Å²) in [5, 5.41) is 0.790. The minimum absolute atomic E-state index is 0.0614. The number of halogens is 1. The van der Waals surface area contributed by atoms with Crippen molar-refractivity contribution in [2.45, 2.75) is 50.3 Å². The van der Waals surface area contributed by atoms with Crippen molar-refractivity contribution in [2.24, 2.45) is 5.41 Å². The first kappa shape index (κ1) is 16.4. The predicted octanol–water partition coefficient (Wildman–Crippen LogP) is 6.63. The number of fused-ring (bicyclic) bond motifs is 5. The molecule has 2 aliphatic rings. The molecule has 2 heterocycles. The van der Waals surface area contributed by atoms with Gasteiger partial charge in [-0.25, -0.2) is 0 Å². The number of thioether (sulfide) groups is 1. The summed E-state index contributed by atoms with van der Waals surface area (Å²) in [6, 6.07) is 17.7. The van der Waals surface area contributed by atoms with Crippen LogP contribution in [-0.4, -0.2) is 4.75 Å². The van der Waals surface area contributed by atoms with Gasteiger partial charge in [0.15, 0.2) is 0 Å². The fourth-order valence-corrected chi connectivity index (χ4v) is 6.54. The predicted molar refractivity (Wildman–Crippen MR) is 106 cm³/mol. The molecule has 2 aliphatic heterocycles. The molecule has 0 spiro atoms. The maximum absolute atomic E-state index is 6.14. The highest BCUT2D eigenvalue weighted by Gasteiger charge is 2.63. The second-order valence-corrected chi connectivity index (χ2v) is 10.6. The lowest BCUT2D eigenvalue weighted by Gasteiger charge is -2.59. The van der Waals surface area contributed by atoms with E-state index < -0.39 is 0 Å². The average Bonchev–Trinajstić information content (AvgIpc) is 2.74. The third-order valence-corrected chi connectivity index (χ3v) is 8.37. The van der Waals surface area contributed by atoms with E-state index in [9.17, 15) is 0 Å². The molecule has 2 aromatic carbocycles. The molecule has 0 aliphatic carbocycles. The minimum Gasteiger partial charge on any atom is -0.345 e. The molecule has 1 saturated heterocycles. The first-order chi connectivity index (χ1) is 11.2. The van der Waals surface area contributed by atoms with Gasteiger partial charge < -0.3 is 4.90 Å². The molecule has 0 amide bonds. The third kappa shape index (κ3) is 1.96. The Labute approximate surface area is 154 Å². The molecule has 4 rings (SSSR count). The summed E-state index contributed by atoms with van der Waals surface area (Å²) in [6.45, 7) is 12.0. The summed E-state index contributed by atoms with van der Waals surface area (Å²) in [6.07, 6.45) is 0. The van der Waals surface area contributed by atoms with Gasteiger partial charge in [0.05, 0.1) is 6.04 Å². The van der Waals surface area contributed by atoms with Gasteiger partial charge in [0.1, 0.15) is 4.87 Å². The first-order valence-corrected chi connectivity index (χ1v) is 9.72. The second kappa shape index (κ2) is 4.95. The molecular weight excluding hydrogens is 334 g/mol. The van der Waals surface area contributed by atoms with Crippen molar-refractivity contribution in [3.63, 3.8) is 0 Å². The SMILES string of the molecule is CC12SC(C)(C)C(C)(C)C(c3ccccc31)N2c1ccc(Cl)cc1. The van der Waals surface area contributed by atoms with Crippen molar-refractivity contribution < 1.29 is 0 Å². The summed E-state index contributed by atoms with van der Waals surface area (Å²) in [7, 11) is 0. The fraction of sp³-hybridized carbons (Fsp3) is 0.429. The van der Waals surface area contributed by atoms with Gasteiger partial charge in [-0.3, -0.25) is 0 Å². The lowest BCUT2D eigenvalue weighted by molar-refractivity contribution is 0.198. The van der Waals surface area contributed by atoms with Gasteiger partial charge in [0.2, 0.25) is 0 Å². The summed E-state index contributed by atoms with van der Waals surface area (Å²) in [5.74, 6) is 0. The summed E-state index contributed by atoms with van der Waals surface area (Å²) >= 11 is 8.22. The van der Waals surface area contributed by atoms with Gasteiger partial charge >= 0.3 is 0 Å². The van der Waals surface area contributed by atoms with E-state index in [-0.39, 0.29) is 15.0 Å². The van der Waals surface area contributed by atoms with Crippen molar-refractivity contribution in [1.29, 1.82) is 0 Å². The van der Waals surface area contributed by atoms with E-state index in [1.165, 1.54) is 16.8 Å². The zero-order chi connectivity index (χ0) is 17.3. The fourth-order valence-electron chi connectivity index (χ4n) is 4.44. The summed E-state index contributed by atoms with van der Waals surface area (Å²) in [5.41, 5.74) is 4.30. The number of hydrogen-bond donors (Lipinski definition) is 0. The highest BCUT2D eigenvalue weighted by Crippen LogP contribution is 2.70. The van der Waals surface area contributed by atoms with Crippen LogP contribution in [-0.2, 0) is 4.87 Å². The standard InChI is InChI=1S/C21H24ClNS/c1-19(2)18-16-8-6-7-9-17(16)21(5,24-20(19,3)4)23(18)15-12-10-14(22)11-13-15/h6-13,18H,1-5H3. The van der Waals surface area contributed by atoms with Crippen LogP contribution < -0.4 is 4.90 Å².